The molecule has 1 atom stereocenters. The van der Waals surface area contributed by atoms with Crippen LogP contribution >= 0.6 is 0 Å². The third kappa shape index (κ3) is 2.87. The molecule has 1 unspecified atom stereocenters. The van der Waals surface area contributed by atoms with E-state index in [1.807, 2.05) is 19.9 Å². The maximum Gasteiger partial charge on any atom is 0.249 e. The van der Waals surface area contributed by atoms with Gasteiger partial charge in [-0.25, -0.2) is 0 Å². The fraction of sp³-hybridized carbons (Fsp3) is 0.538. The van der Waals surface area contributed by atoms with Gasteiger partial charge in [0.05, 0.1) is 5.69 Å². The van der Waals surface area contributed by atoms with E-state index in [1.54, 1.807) is 11.6 Å². The summed E-state index contributed by atoms with van der Waals surface area (Å²) in [5.74, 6) is -1.08. The van der Waals surface area contributed by atoms with Crippen LogP contribution in [-0.2, 0) is 20.9 Å². The van der Waals surface area contributed by atoms with Gasteiger partial charge in [0.25, 0.3) is 0 Å². The molecule has 7 heteroatoms. The Balaban J connectivity index is 1.99. The van der Waals surface area contributed by atoms with Gasteiger partial charge in [-0.2, -0.15) is 5.10 Å². The van der Waals surface area contributed by atoms with Crippen LogP contribution in [0, 0.1) is 13.8 Å². The molecule has 0 saturated carbocycles. The first-order valence-electron chi connectivity index (χ1n) is 6.52. The zero-order valence-electron chi connectivity index (χ0n) is 11.8. The first-order chi connectivity index (χ1) is 9.38. The van der Waals surface area contributed by atoms with E-state index in [2.05, 4.69) is 10.4 Å². The number of aromatic nitrogens is 2. The van der Waals surface area contributed by atoms with Gasteiger partial charge in [-0.1, -0.05) is 0 Å². The molecule has 20 heavy (non-hydrogen) atoms. The number of nitrogens with zero attached hydrogens (tertiary/aromatic N) is 3. The lowest BCUT2D eigenvalue weighted by Gasteiger charge is -2.31. The third-order valence-corrected chi connectivity index (χ3v) is 3.38. The molecule has 0 spiro atoms. The fourth-order valence-electron chi connectivity index (χ4n) is 2.27. The topological polar surface area (TPSA) is 84.3 Å². The molecule has 1 aromatic heterocycles. The van der Waals surface area contributed by atoms with Crippen molar-refractivity contribution in [2.24, 2.45) is 0 Å². The van der Waals surface area contributed by atoms with E-state index < -0.39 is 17.9 Å². The van der Waals surface area contributed by atoms with Crippen LogP contribution in [0.4, 0.5) is 0 Å². The van der Waals surface area contributed by atoms with Crippen LogP contribution in [0.15, 0.2) is 6.07 Å². The summed E-state index contributed by atoms with van der Waals surface area (Å²) in [5.41, 5.74) is 1.88. The molecule has 1 aliphatic heterocycles. The predicted octanol–water partition coefficient (Wildman–Crippen LogP) is -0.236. The van der Waals surface area contributed by atoms with Crippen molar-refractivity contribution in [2.75, 3.05) is 6.54 Å². The largest absolute Gasteiger partial charge is 0.322 e. The molecule has 1 aromatic rings. The van der Waals surface area contributed by atoms with E-state index in [4.69, 9.17) is 0 Å². The monoisotopic (exact) mass is 278 g/mol. The van der Waals surface area contributed by atoms with Crippen LogP contribution < -0.4 is 5.32 Å². The van der Waals surface area contributed by atoms with Crippen LogP contribution in [0.5, 0.6) is 0 Å². The van der Waals surface area contributed by atoms with Gasteiger partial charge in [-0.15, -0.1) is 0 Å². The second-order valence-corrected chi connectivity index (χ2v) is 5.01. The maximum atomic E-state index is 12.1. The summed E-state index contributed by atoms with van der Waals surface area (Å²) < 4.78 is 1.75. The summed E-state index contributed by atoms with van der Waals surface area (Å²) in [7, 11) is 0. The van der Waals surface area contributed by atoms with Crippen LogP contribution in [0.3, 0.4) is 0 Å². The lowest BCUT2D eigenvalue weighted by atomic mass is 10.2. The van der Waals surface area contributed by atoms with Crippen LogP contribution in [0.2, 0.25) is 0 Å². The first-order valence-corrected chi connectivity index (χ1v) is 6.52. The number of amides is 3. The van der Waals surface area contributed by atoms with Gasteiger partial charge >= 0.3 is 0 Å². The summed E-state index contributed by atoms with van der Waals surface area (Å²) in [6.07, 6.45) is 0.215. The molecule has 0 radical (unpaired) electrons. The van der Waals surface area contributed by atoms with E-state index >= 15 is 0 Å². The van der Waals surface area contributed by atoms with E-state index in [1.165, 1.54) is 4.90 Å². The van der Waals surface area contributed by atoms with Crippen molar-refractivity contribution < 1.29 is 14.4 Å². The molecule has 1 aliphatic rings. The Morgan fingerprint density at radius 3 is 2.75 bits per heavy atom. The number of piperazine rings is 1. The minimum absolute atomic E-state index is 0.0666. The van der Waals surface area contributed by atoms with Crippen molar-refractivity contribution in [1.29, 1.82) is 0 Å². The molecular weight excluding hydrogens is 260 g/mol. The number of carbonyl (C=O) groups excluding carboxylic acids is 3. The Labute approximate surface area is 116 Å². The lowest BCUT2D eigenvalue weighted by molar-refractivity contribution is -0.149. The molecule has 1 saturated heterocycles. The van der Waals surface area contributed by atoms with Gasteiger partial charge in [0.1, 0.15) is 12.6 Å². The smallest absolute Gasteiger partial charge is 0.249 e. The summed E-state index contributed by atoms with van der Waals surface area (Å²) in [6, 6.07) is 1.32. The third-order valence-electron chi connectivity index (χ3n) is 3.38. The molecule has 2 heterocycles. The number of carbonyl (C=O) groups is 3. The SMILES string of the molecule is Cc1cc(C)n(CCC(=O)N2CC(=O)NC(=O)C2C)n1. The van der Waals surface area contributed by atoms with Gasteiger partial charge in [0.2, 0.25) is 17.7 Å². The Morgan fingerprint density at radius 2 is 2.15 bits per heavy atom. The fourth-order valence-corrected chi connectivity index (χ4v) is 2.27. The van der Waals surface area contributed by atoms with Crippen molar-refractivity contribution in [3.63, 3.8) is 0 Å². The molecule has 1 N–H and O–H groups in total. The Bertz CT molecular complexity index is 564. The number of hydrogen-bond donors (Lipinski definition) is 1. The Hall–Kier alpha value is -2.18. The molecule has 2 rings (SSSR count). The van der Waals surface area contributed by atoms with Gasteiger partial charge in [0, 0.05) is 18.7 Å². The Kier molecular flexibility index (Phi) is 3.87. The maximum absolute atomic E-state index is 12.1. The summed E-state index contributed by atoms with van der Waals surface area (Å²) in [6.45, 7) is 5.80. The number of rotatable bonds is 3. The average molecular weight is 278 g/mol. The van der Waals surface area contributed by atoms with E-state index in [0.29, 0.717) is 6.54 Å². The van der Waals surface area contributed by atoms with Crippen molar-refractivity contribution >= 4 is 17.7 Å². The van der Waals surface area contributed by atoms with Crippen molar-refractivity contribution in [3.8, 4) is 0 Å². The highest BCUT2D eigenvalue weighted by atomic mass is 16.2. The predicted molar refractivity (Wildman–Crippen MR) is 70.6 cm³/mol. The molecule has 108 valence electrons. The van der Waals surface area contributed by atoms with E-state index in [-0.39, 0.29) is 18.9 Å². The highest BCUT2D eigenvalue weighted by molar-refractivity contribution is 6.04. The van der Waals surface area contributed by atoms with Crippen LogP contribution in [0.25, 0.3) is 0 Å². The normalized spacial score (nSPS) is 19.1. The first kappa shape index (κ1) is 14.2. The van der Waals surface area contributed by atoms with E-state index in [9.17, 15) is 14.4 Å². The molecule has 1 fully saturated rings. The molecule has 0 bridgehead atoms. The second kappa shape index (κ2) is 5.44. The van der Waals surface area contributed by atoms with Gasteiger partial charge in [0.15, 0.2) is 0 Å². The Morgan fingerprint density at radius 1 is 1.45 bits per heavy atom. The van der Waals surface area contributed by atoms with Crippen molar-refractivity contribution in [1.82, 2.24) is 20.0 Å². The zero-order chi connectivity index (χ0) is 14.9. The molecule has 0 aromatic carbocycles. The van der Waals surface area contributed by atoms with E-state index in [0.717, 1.165) is 11.4 Å². The minimum atomic E-state index is -0.611. The van der Waals surface area contributed by atoms with Crippen LogP contribution in [-0.4, -0.2) is 45.0 Å². The molecule has 0 aliphatic carbocycles. The molecular formula is C13H18N4O3. The summed E-state index contributed by atoms with van der Waals surface area (Å²) >= 11 is 0. The summed E-state index contributed by atoms with van der Waals surface area (Å²) in [5, 5.41) is 6.49. The van der Waals surface area contributed by atoms with Crippen LogP contribution in [0.1, 0.15) is 24.7 Å². The molecule has 3 amide bonds. The lowest BCUT2D eigenvalue weighted by Crippen LogP contribution is -2.58. The van der Waals surface area contributed by atoms with Gasteiger partial charge < -0.3 is 4.90 Å². The standard InChI is InChI=1S/C13H18N4O3/c1-8-6-9(2)17(15-8)5-4-12(19)16-7-11(18)14-13(20)10(16)3/h6,10H,4-5,7H2,1-3H3,(H,14,18,20). The van der Waals surface area contributed by atoms with Gasteiger partial charge in [-0.3, -0.25) is 24.4 Å². The summed E-state index contributed by atoms with van der Waals surface area (Å²) in [4.78, 5) is 36.3. The quantitative estimate of drug-likeness (QED) is 0.774. The second-order valence-electron chi connectivity index (χ2n) is 5.01. The number of hydrogen-bond acceptors (Lipinski definition) is 4. The minimum Gasteiger partial charge on any atom is -0.322 e. The zero-order valence-corrected chi connectivity index (χ0v) is 11.8. The highest BCUT2D eigenvalue weighted by Crippen LogP contribution is 2.09. The van der Waals surface area contributed by atoms with Crippen molar-refractivity contribution in [2.45, 2.75) is 39.8 Å². The number of imide groups is 1. The van der Waals surface area contributed by atoms with Gasteiger partial charge in [-0.05, 0) is 26.8 Å². The average Bonchev–Trinajstić information content (AvgIpc) is 2.69. The highest BCUT2D eigenvalue weighted by Gasteiger charge is 2.33. The molecule has 7 nitrogen and oxygen atoms in total. The van der Waals surface area contributed by atoms with Crippen molar-refractivity contribution in [3.05, 3.63) is 17.5 Å². The number of nitrogens with one attached hydrogen (secondary N) is 1. The number of aryl methyl sites for hydroxylation is 3.